The van der Waals surface area contributed by atoms with Crippen molar-refractivity contribution in [3.63, 3.8) is 0 Å². The molecule has 2 N–H and O–H groups in total. The van der Waals surface area contributed by atoms with Gasteiger partial charge in [-0.1, -0.05) is 6.07 Å². The van der Waals surface area contributed by atoms with Gasteiger partial charge in [0.05, 0.1) is 12.8 Å². The van der Waals surface area contributed by atoms with Crippen molar-refractivity contribution in [2.45, 2.75) is 20.3 Å². The third-order valence-corrected chi connectivity index (χ3v) is 3.65. The monoisotopic (exact) mass is 302 g/mol. The highest BCUT2D eigenvalue weighted by atomic mass is 16.5. The van der Waals surface area contributed by atoms with E-state index < -0.39 is 0 Å². The number of urea groups is 1. The van der Waals surface area contributed by atoms with Crippen LogP contribution in [0, 0.1) is 13.8 Å². The number of hydrogen-bond acceptors (Lipinski definition) is 3. The number of nitrogens with one attached hydrogen (secondary N) is 2. The fourth-order valence-electron chi connectivity index (χ4n) is 2.36. The smallest absolute Gasteiger partial charge is 0.319 e. The maximum Gasteiger partial charge on any atom is 0.319 e. The zero-order valence-corrected chi connectivity index (χ0v) is 13.4. The molecule has 1 aromatic carbocycles. The van der Waals surface area contributed by atoms with Gasteiger partial charge in [0.15, 0.2) is 0 Å². The molecule has 1 aromatic heterocycles. The zero-order valence-electron chi connectivity index (χ0n) is 13.4. The number of aromatic nitrogens is 2. The predicted octanol–water partition coefficient (Wildman–Crippen LogP) is 2.41. The number of methoxy groups -OCH3 is 1. The molecule has 0 atom stereocenters. The van der Waals surface area contributed by atoms with E-state index in [9.17, 15) is 4.79 Å². The molecule has 6 nitrogen and oxygen atoms in total. The number of benzene rings is 1. The molecule has 0 unspecified atom stereocenters. The Balaban J connectivity index is 1.85. The molecule has 0 aliphatic heterocycles. The minimum absolute atomic E-state index is 0.229. The topological polar surface area (TPSA) is 68.2 Å². The Morgan fingerprint density at radius 2 is 2.14 bits per heavy atom. The molecular weight excluding hydrogens is 280 g/mol. The van der Waals surface area contributed by atoms with Crippen LogP contribution in [0.4, 0.5) is 10.5 Å². The molecule has 0 saturated heterocycles. The Morgan fingerprint density at radius 1 is 1.36 bits per heavy atom. The molecule has 22 heavy (non-hydrogen) atoms. The Kier molecular flexibility index (Phi) is 5.04. The van der Waals surface area contributed by atoms with Gasteiger partial charge in [-0.2, -0.15) is 5.10 Å². The average Bonchev–Trinajstić information content (AvgIpc) is 2.73. The van der Waals surface area contributed by atoms with Crippen molar-refractivity contribution >= 4 is 11.7 Å². The van der Waals surface area contributed by atoms with Crippen molar-refractivity contribution in [3.05, 3.63) is 41.2 Å². The minimum atomic E-state index is -0.229. The Bertz CT molecular complexity index is 664. The number of carbonyl (C=O) groups excluding carboxylic acids is 1. The van der Waals surface area contributed by atoms with Crippen LogP contribution < -0.4 is 15.4 Å². The van der Waals surface area contributed by atoms with E-state index in [-0.39, 0.29) is 6.03 Å². The lowest BCUT2D eigenvalue weighted by atomic mass is 10.1. The standard InChI is InChI=1S/C16H22N4O2/c1-11-15(12(2)20(3)19-11)8-9-17-16(21)18-13-6-5-7-14(10-13)22-4/h5-7,10H,8-9H2,1-4H3,(H2,17,18,21). The summed E-state index contributed by atoms with van der Waals surface area (Å²) in [5.41, 5.74) is 4.03. The number of aryl methyl sites for hydroxylation is 2. The summed E-state index contributed by atoms with van der Waals surface area (Å²) in [6, 6.07) is 7.02. The van der Waals surface area contributed by atoms with Crippen LogP contribution >= 0.6 is 0 Å². The number of carbonyl (C=O) groups is 1. The summed E-state index contributed by atoms with van der Waals surface area (Å²) >= 11 is 0. The van der Waals surface area contributed by atoms with Crippen LogP contribution in [-0.4, -0.2) is 29.5 Å². The molecule has 0 aliphatic rings. The number of ether oxygens (including phenoxy) is 1. The summed E-state index contributed by atoms with van der Waals surface area (Å²) in [4.78, 5) is 11.9. The molecule has 1 heterocycles. The largest absolute Gasteiger partial charge is 0.497 e. The first-order chi connectivity index (χ1) is 10.5. The van der Waals surface area contributed by atoms with Crippen LogP contribution in [-0.2, 0) is 13.5 Å². The second kappa shape index (κ2) is 6.98. The molecule has 2 rings (SSSR count). The van der Waals surface area contributed by atoms with Gasteiger partial charge in [-0.25, -0.2) is 4.79 Å². The van der Waals surface area contributed by atoms with Gasteiger partial charge in [0.2, 0.25) is 0 Å². The predicted molar refractivity (Wildman–Crippen MR) is 86.4 cm³/mol. The lowest BCUT2D eigenvalue weighted by Gasteiger charge is -2.09. The number of amides is 2. The van der Waals surface area contributed by atoms with E-state index in [1.54, 1.807) is 13.2 Å². The first kappa shape index (κ1) is 15.9. The van der Waals surface area contributed by atoms with E-state index in [1.165, 1.54) is 5.56 Å². The van der Waals surface area contributed by atoms with Gasteiger partial charge in [-0.3, -0.25) is 4.68 Å². The van der Waals surface area contributed by atoms with Gasteiger partial charge in [-0.15, -0.1) is 0 Å². The fourth-order valence-corrected chi connectivity index (χ4v) is 2.36. The Labute approximate surface area is 130 Å². The normalized spacial score (nSPS) is 10.4. The molecule has 2 aromatic rings. The summed E-state index contributed by atoms with van der Waals surface area (Å²) < 4.78 is 6.99. The van der Waals surface area contributed by atoms with Gasteiger partial charge < -0.3 is 15.4 Å². The SMILES string of the molecule is COc1cccc(NC(=O)NCCc2c(C)nn(C)c2C)c1. The van der Waals surface area contributed by atoms with E-state index in [0.717, 1.165) is 17.8 Å². The molecule has 2 amide bonds. The Morgan fingerprint density at radius 3 is 2.77 bits per heavy atom. The number of rotatable bonds is 5. The number of anilines is 1. The van der Waals surface area contributed by atoms with E-state index in [4.69, 9.17) is 4.74 Å². The van der Waals surface area contributed by atoms with Crippen LogP contribution in [0.2, 0.25) is 0 Å². The highest BCUT2D eigenvalue weighted by molar-refractivity contribution is 5.89. The molecule has 0 bridgehead atoms. The van der Waals surface area contributed by atoms with Gasteiger partial charge in [0, 0.05) is 31.0 Å². The van der Waals surface area contributed by atoms with Crippen LogP contribution in [0.5, 0.6) is 5.75 Å². The van der Waals surface area contributed by atoms with Crippen LogP contribution in [0.15, 0.2) is 24.3 Å². The first-order valence-corrected chi connectivity index (χ1v) is 7.19. The average molecular weight is 302 g/mol. The quantitative estimate of drug-likeness (QED) is 0.891. The highest BCUT2D eigenvalue weighted by Gasteiger charge is 2.09. The third kappa shape index (κ3) is 3.78. The molecule has 0 radical (unpaired) electrons. The lowest BCUT2D eigenvalue weighted by Crippen LogP contribution is -2.30. The van der Waals surface area contributed by atoms with Crippen LogP contribution in [0.3, 0.4) is 0 Å². The number of nitrogens with zero attached hydrogens (tertiary/aromatic N) is 2. The molecule has 0 aliphatic carbocycles. The van der Waals surface area contributed by atoms with E-state index in [1.807, 2.05) is 43.8 Å². The van der Waals surface area contributed by atoms with Crippen molar-refractivity contribution in [2.24, 2.45) is 7.05 Å². The molecule has 118 valence electrons. The molecule has 0 fully saturated rings. The molecule has 6 heteroatoms. The number of hydrogen-bond donors (Lipinski definition) is 2. The summed E-state index contributed by atoms with van der Waals surface area (Å²) in [6.07, 6.45) is 0.761. The Hall–Kier alpha value is -2.50. The summed E-state index contributed by atoms with van der Waals surface area (Å²) in [7, 11) is 3.52. The summed E-state index contributed by atoms with van der Waals surface area (Å²) in [5.74, 6) is 0.708. The minimum Gasteiger partial charge on any atom is -0.497 e. The van der Waals surface area contributed by atoms with E-state index in [2.05, 4.69) is 15.7 Å². The van der Waals surface area contributed by atoms with Crippen molar-refractivity contribution in [2.75, 3.05) is 19.0 Å². The van der Waals surface area contributed by atoms with Gasteiger partial charge in [-0.05, 0) is 38.0 Å². The van der Waals surface area contributed by atoms with Crippen LogP contribution in [0.25, 0.3) is 0 Å². The van der Waals surface area contributed by atoms with Crippen molar-refractivity contribution in [3.8, 4) is 5.75 Å². The van der Waals surface area contributed by atoms with Gasteiger partial charge in [0.25, 0.3) is 0 Å². The first-order valence-electron chi connectivity index (χ1n) is 7.19. The van der Waals surface area contributed by atoms with Crippen molar-refractivity contribution in [1.29, 1.82) is 0 Å². The third-order valence-electron chi connectivity index (χ3n) is 3.65. The molecule has 0 spiro atoms. The zero-order chi connectivity index (χ0) is 16.1. The fraction of sp³-hybridized carbons (Fsp3) is 0.375. The van der Waals surface area contributed by atoms with Crippen LogP contribution in [0.1, 0.15) is 17.0 Å². The molecular formula is C16H22N4O2. The highest BCUT2D eigenvalue weighted by Crippen LogP contribution is 2.16. The lowest BCUT2D eigenvalue weighted by molar-refractivity contribution is 0.252. The second-order valence-electron chi connectivity index (χ2n) is 5.14. The van der Waals surface area contributed by atoms with Gasteiger partial charge in [0.1, 0.15) is 5.75 Å². The maximum absolute atomic E-state index is 11.9. The maximum atomic E-state index is 11.9. The van der Waals surface area contributed by atoms with Crippen molar-refractivity contribution < 1.29 is 9.53 Å². The van der Waals surface area contributed by atoms with E-state index >= 15 is 0 Å². The second-order valence-corrected chi connectivity index (χ2v) is 5.14. The summed E-state index contributed by atoms with van der Waals surface area (Å²) in [5, 5.41) is 10.0. The summed E-state index contributed by atoms with van der Waals surface area (Å²) in [6.45, 7) is 4.58. The van der Waals surface area contributed by atoms with Crippen molar-refractivity contribution in [1.82, 2.24) is 15.1 Å². The van der Waals surface area contributed by atoms with Gasteiger partial charge >= 0.3 is 6.03 Å². The molecule has 0 saturated carbocycles. The van der Waals surface area contributed by atoms with E-state index in [0.29, 0.717) is 18.0 Å².